The molecule has 2 aromatic rings. The molecular formula is C22H23NO5. The lowest BCUT2D eigenvalue weighted by atomic mass is 9.95. The van der Waals surface area contributed by atoms with Gasteiger partial charge in [-0.15, -0.1) is 0 Å². The summed E-state index contributed by atoms with van der Waals surface area (Å²) in [6, 6.07) is 15.2. The number of carbonyl (C=O) groups excluding carboxylic acids is 1. The van der Waals surface area contributed by atoms with Crippen molar-refractivity contribution in [3.05, 3.63) is 59.7 Å². The maximum Gasteiger partial charge on any atom is 0.257 e. The number of carbonyl (C=O) groups is 1. The van der Waals surface area contributed by atoms with Gasteiger partial charge in [0, 0.05) is 25.1 Å². The third kappa shape index (κ3) is 2.45. The molecule has 6 heteroatoms. The summed E-state index contributed by atoms with van der Waals surface area (Å²) in [5, 5.41) is 20.8. The predicted octanol–water partition coefficient (Wildman–Crippen LogP) is 1.67. The van der Waals surface area contributed by atoms with Crippen molar-refractivity contribution in [3.63, 3.8) is 0 Å². The Bertz CT molecular complexity index is 901. The van der Waals surface area contributed by atoms with Gasteiger partial charge >= 0.3 is 0 Å². The number of ether oxygens (including phenoxy) is 2. The van der Waals surface area contributed by atoms with Crippen LogP contribution in [0.4, 0.5) is 0 Å². The molecule has 1 aliphatic carbocycles. The smallest absolute Gasteiger partial charge is 0.257 e. The quantitative estimate of drug-likeness (QED) is 0.846. The number of β-amino-alcohol motifs (C(OH)–C–C–N with tert-alkyl or cyclic N) is 1. The van der Waals surface area contributed by atoms with Gasteiger partial charge in [0.15, 0.2) is 11.5 Å². The highest BCUT2D eigenvalue weighted by Gasteiger charge is 2.71. The zero-order valence-corrected chi connectivity index (χ0v) is 15.5. The van der Waals surface area contributed by atoms with E-state index in [1.165, 1.54) is 0 Å². The van der Waals surface area contributed by atoms with Crippen LogP contribution in [0.5, 0.6) is 11.5 Å². The second-order valence-corrected chi connectivity index (χ2v) is 7.82. The number of para-hydroxylation sites is 1. The van der Waals surface area contributed by atoms with Crippen molar-refractivity contribution in [2.45, 2.75) is 12.0 Å². The minimum Gasteiger partial charge on any atom is -0.486 e. The van der Waals surface area contributed by atoms with Crippen LogP contribution in [0, 0.1) is 11.3 Å². The van der Waals surface area contributed by atoms with Crippen molar-refractivity contribution in [1.29, 1.82) is 0 Å². The number of fused-ring (bicyclic) bond motifs is 1. The summed E-state index contributed by atoms with van der Waals surface area (Å²) in [5.41, 5.74) is 1.07. The van der Waals surface area contributed by atoms with Crippen molar-refractivity contribution in [1.82, 2.24) is 4.90 Å². The Morgan fingerprint density at radius 3 is 2.68 bits per heavy atom. The zero-order valence-electron chi connectivity index (χ0n) is 15.5. The molecule has 0 unspecified atom stereocenters. The molecule has 1 saturated heterocycles. The largest absolute Gasteiger partial charge is 0.486 e. The van der Waals surface area contributed by atoms with Crippen molar-refractivity contribution >= 4 is 5.91 Å². The molecule has 3 aliphatic rings. The molecule has 146 valence electrons. The Labute approximate surface area is 163 Å². The van der Waals surface area contributed by atoms with E-state index in [9.17, 15) is 15.0 Å². The Morgan fingerprint density at radius 2 is 1.89 bits per heavy atom. The maximum atomic E-state index is 13.2. The van der Waals surface area contributed by atoms with E-state index in [1.54, 1.807) is 23.1 Å². The van der Waals surface area contributed by atoms with Crippen molar-refractivity contribution in [2.75, 3.05) is 32.9 Å². The average molecular weight is 381 g/mol. The van der Waals surface area contributed by atoms with Gasteiger partial charge in [0.2, 0.25) is 0 Å². The molecule has 0 bridgehead atoms. The zero-order chi connectivity index (χ0) is 19.3. The standard InChI is InChI=1S/C22H23NO5/c24-12-16-19(14-5-2-1-3-6-14)22(16)13-23(11-18(22)25)21(26)15-7-4-8-17-20(15)28-10-9-27-17/h1-8,16,18-19,24-25H,9-13H2/t16-,18-,19-,22-/m1/s1. The third-order valence-electron chi connectivity index (χ3n) is 6.48. The van der Waals surface area contributed by atoms with Gasteiger partial charge in [0.25, 0.3) is 5.91 Å². The van der Waals surface area contributed by atoms with E-state index in [0.717, 1.165) is 5.56 Å². The molecule has 2 N–H and O–H groups in total. The number of hydrogen-bond donors (Lipinski definition) is 2. The molecule has 0 radical (unpaired) electrons. The number of hydrogen-bond acceptors (Lipinski definition) is 5. The van der Waals surface area contributed by atoms with Crippen LogP contribution in [0.2, 0.25) is 0 Å². The van der Waals surface area contributed by atoms with Crippen molar-refractivity contribution in [2.24, 2.45) is 11.3 Å². The van der Waals surface area contributed by atoms with Crippen LogP contribution < -0.4 is 9.47 Å². The number of rotatable bonds is 3. The lowest BCUT2D eigenvalue weighted by Gasteiger charge is -2.23. The van der Waals surface area contributed by atoms with Gasteiger partial charge in [-0.3, -0.25) is 4.79 Å². The van der Waals surface area contributed by atoms with Gasteiger partial charge in [-0.05, 0) is 29.5 Å². The van der Waals surface area contributed by atoms with Gasteiger partial charge in [-0.2, -0.15) is 0 Å². The SMILES string of the molecule is O=C(c1cccc2c1OCCO2)N1C[C@@H](O)[C@@]2(C1)[C@H](CO)[C@H]2c1ccccc1. The molecule has 2 aliphatic heterocycles. The summed E-state index contributed by atoms with van der Waals surface area (Å²) in [7, 11) is 0. The van der Waals surface area contributed by atoms with Crippen LogP contribution in [-0.4, -0.2) is 60.0 Å². The molecule has 1 amide bonds. The van der Waals surface area contributed by atoms with Crippen LogP contribution in [0.3, 0.4) is 0 Å². The minimum atomic E-state index is -0.671. The number of nitrogens with zero attached hydrogens (tertiary/aromatic N) is 1. The number of aliphatic hydroxyl groups excluding tert-OH is 2. The summed E-state index contributed by atoms with van der Waals surface area (Å²) in [6.07, 6.45) is -0.671. The van der Waals surface area contributed by atoms with Crippen LogP contribution in [-0.2, 0) is 0 Å². The van der Waals surface area contributed by atoms with E-state index < -0.39 is 11.5 Å². The van der Waals surface area contributed by atoms with Crippen LogP contribution >= 0.6 is 0 Å². The first kappa shape index (κ1) is 17.5. The van der Waals surface area contributed by atoms with Crippen LogP contribution in [0.15, 0.2) is 48.5 Å². The summed E-state index contributed by atoms with van der Waals surface area (Å²) < 4.78 is 11.3. The van der Waals surface area contributed by atoms with Gasteiger partial charge < -0.3 is 24.6 Å². The summed E-state index contributed by atoms with van der Waals surface area (Å²) in [5.74, 6) is 0.883. The molecule has 28 heavy (non-hydrogen) atoms. The molecule has 5 rings (SSSR count). The fourth-order valence-electron chi connectivity index (χ4n) is 5.14. The number of likely N-dealkylation sites (tertiary alicyclic amines) is 1. The minimum absolute atomic E-state index is 0.00363. The predicted molar refractivity (Wildman–Crippen MR) is 102 cm³/mol. The first-order chi connectivity index (χ1) is 13.7. The molecule has 1 spiro atoms. The number of benzene rings is 2. The fraction of sp³-hybridized carbons (Fsp3) is 0.409. The topological polar surface area (TPSA) is 79.2 Å². The normalized spacial score (nSPS) is 30.5. The summed E-state index contributed by atoms with van der Waals surface area (Å²) in [6.45, 7) is 1.54. The highest BCUT2D eigenvalue weighted by molar-refractivity contribution is 5.98. The lowest BCUT2D eigenvalue weighted by Crippen LogP contribution is -2.31. The van der Waals surface area contributed by atoms with E-state index >= 15 is 0 Å². The van der Waals surface area contributed by atoms with E-state index in [2.05, 4.69) is 0 Å². The van der Waals surface area contributed by atoms with E-state index in [4.69, 9.17) is 9.47 Å². The molecule has 1 saturated carbocycles. The van der Waals surface area contributed by atoms with E-state index in [-0.39, 0.29) is 30.9 Å². The summed E-state index contributed by atoms with van der Waals surface area (Å²) in [4.78, 5) is 14.9. The number of amides is 1. The molecule has 2 aromatic carbocycles. The van der Waals surface area contributed by atoms with Crippen molar-refractivity contribution in [3.8, 4) is 11.5 Å². The first-order valence-electron chi connectivity index (χ1n) is 9.68. The first-order valence-corrected chi connectivity index (χ1v) is 9.68. The van der Waals surface area contributed by atoms with Gasteiger partial charge in [0.1, 0.15) is 13.2 Å². The number of aliphatic hydroxyl groups is 2. The second kappa shape index (κ2) is 6.50. The Morgan fingerprint density at radius 1 is 1.11 bits per heavy atom. The summed E-state index contributed by atoms with van der Waals surface area (Å²) >= 11 is 0. The van der Waals surface area contributed by atoms with Crippen LogP contribution in [0.1, 0.15) is 21.8 Å². The lowest BCUT2D eigenvalue weighted by molar-refractivity contribution is 0.0753. The van der Waals surface area contributed by atoms with E-state index in [1.807, 2.05) is 30.3 Å². The maximum absolute atomic E-state index is 13.2. The monoisotopic (exact) mass is 381 g/mol. The molecule has 0 aromatic heterocycles. The van der Waals surface area contributed by atoms with E-state index in [0.29, 0.717) is 36.8 Å². The third-order valence-corrected chi connectivity index (χ3v) is 6.48. The Hall–Kier alpha value is -2.57. The van der Waals surface area contributed by atoms with Gasteiger partial charge in [-0.25, -0.2) is 0 Å². The van der Waals surface area contributed by atoms with Gasteiger partial charge in [-0.1, -0.05) is 36.4 Å². The average Bonchev–Trinajstić information content (AvgIpc) is 3.28. The van der Waals surface area contributed by atoms with Crippen molar-refractivity contribution < 1.29 is 24.5 Å². The molecule has 6 nitrogen and oxygen atoms in total. The highest BCUT2D eigenvalue weighted by atomic mass is 16.6. The highest BCUT2D eigenvalue weighted by Crippen LogP contribution is 2.68. The molecular weight excluding hydrogens is 358 g/mol. The Balaban J connectivity index is 1.43. The molecule has 2 heterocycles. The van der Waals surface area contributed by atoms with Crippen LogP contribution in [0.25, 0.3) is 0 Å². The Kier molecular flexibility index (Phi) is 4.07. The molecule has 4 atom stereocenters. The fourth-order valence-corrected chi connectivity index (χ4v) is 5.14. The molecule has 2 fully saturated rings. The second-order valence-electron chi connectivity index (χ2n) is 7.82. The van der Waals surface area contributed by atoms with Gasteiger partial charge in [0.05, 0.1) is 11.7 Å².